The second-order valence-electron chi connectivity index (χ2n) is 7.21. The standard InChI is InChI=1S/C24H16BrF2NO5/c1-33-19-8-5-13(10-16(19)25)22(30)20-21(12-3-2-4-15(29)9-12)28(24(32)23(20)31)14-6-7-17(26)18(27)11-14/h2-11,21,29-30H,1H3/b22-20+. The predicted molar refractivity (Wildman–Crippen MR) is 120 cm³/mol. The molecule has 33 heavy (non-hydrogen) atoms. The lowest BCUT2D eigenvalue weighted by Crippen LogP contribution is -2.29. The van der Waals surface area contributed by atoms with Gasteiger partial charge in [-0.2, -0.15) is 0 Å². The van der Waals surface area contributed by atoms with E-state index < -0.39 is 35.1 Å². The van der Waals surface area contributed by atoms with Crippen molar-refractivity contribution in [2.75, 3.05) is 12.0 Å². The molecular formula is C24H16BrF2NO5. The number of methoxy groups -OCH3 is 1. The topological polar surface area (TPSA) is 87.1 Å². The Morgan fingerprint density at radius 1 is 1.03 bits per heavy atom. The van der Waals surface area contributed by atoms with Crippen LogP contribution in [-0.2, 0) is 9.59 Å². The molecule has 0 radical (unpaired) electrons. The molecule has 3 aromatic rings. The third kappa shape index (κ3) is 3.95. The highest BCUT2D eigenvalue weighted by Gasteiger charge is 2.47. The Morgan fingerprint density at radius 3 is 2.42 bits per heavy atom. The predicted octanol–water partition coefficient (Wildman–Crippen LogP) is 5.07. The molecule has 1 atom stereocenters. The van der Waals surface area contributed by atoms with Gasteiger partial charge in [-0.25, -0.2) is 8.78 Å². The number of aromatic hydroxyl groups is 1. The molecule has 4 rings (SSSR count). The normalized spacial score (nSPS) is 17.5. The van der Waals surface area contributed by atoms with Gasteiger partial charge in [-0.3, -0.25) is 14.5 Å². The first-order valence-corrected chi connectivity index (χ1v) is 10.4. The van der Waals surface area contributed by atoms with Gasteiger partial charge in [-0.1, -0.05) is 12.1 Å². The number of nitrogens with zero attached hydrogens (tertiary/aromatic N) is 1. The number of carbonyl (C=O) groups is 2. The van der Waals surface area contributed by atoms with E-state index in [0.29, 0.717) is 10.2 Å². The molecule has 168 valence electrons. The molecule has 1 unspecified atom stereocenters. The van der Waals surface area contributed by atoms with Crippen molar-refractivity contribution < 1.29 is 33.3 Å². The molecule has 2 N–H and O–H groups in total. The average Bonchev–Trinajstić information content (AvgIpc) is 3.06. The summed E-state index contributed by atoms with van der Waals surface area (Å²) in [5, 5.41) is 21.1. The fraction of sp³-hybridized carbons (Fsp3) is 0.0833. The summed E-state index contributed by atoms with van der Waals surface area (Å²) in [7, 11) is 1.47. The van der Waals surface area contributed by atoms with Gasteiger partial charge in [0.1, 0.15) is 17.3 Å². The SMILES string of the molecule is COc1ccc(/C(O)=C2\C(=O)C(=O)N(c3ccc(F)c(F)c3)C2c2cccc(O)c2)cc1Br. The first-order chi connectivity index (χ1) is 15.7. The molecule has 0 aromatic heterocycles. The summed E-state index contributed by atoms with van der Waals surface area (Å²) in [6.07, 6.45) is 0. The number of benzene rings is 3. The lowest BCUT2D eigenvalue weighted by Gasteiger charge is -2.25. The molecule has 1 heterocycles. The molecule has 0 aliphatic carbocycles. The summed E-state index contributed by atoms with van der Waals surface area (Å²) >= 11 is 3.31. The van der Waals surface area contributed by atoms with Gasteiger partial charge < -0.3 is 14.9 Å². The van der Waals surface area contributed by atoms with Gasteiger partial charge in [0.2, 0.25) is 0 Å². The number of ketones is 1. The second-order valence-corrected chi connectivity index (χ2v) is 8.07. The largest absolute Gasteiger partial charge is 0.508 e. The molecule has 1 amide bonds. The summed E-state index contributed by atoms with van der Waals surface area (Å²) in [5.41, 5.74) is 0.149. The number of phenols is 1. The van der Waals surface area contributed by atoms with Crippen molar-refractivity contribution in [3.05, 3.63) is 93.5 Å². The fourth-order valence-corrected chi connectivity index (χ4v) is 4.25. The number of Topliss-reactive ketones (excluding diaryl/α,β-unsaturated/α-hetero) is 1. The summed E-state index contributed by atoms with van der Waals surface area (Å²) in [4.78, 5) is 27.0. The molecule has 1 fully saturated rings. The zero-order chi connectivity index (χ0) is 23.9. The Kier molecular flexibility index (Phi) is 5.90. The maximum atomic E-state index is 14.0. The number of phenolic OH excluding ortho intramolecular Hbond substituents is 1. The Labute approximate surface area is 195 Å². The van der Waals surface area contributed by atoms with Gasteiger partial charge in [-0.15, -0.1) is 0 Å². The zero-order valence-electron chi connectivity index (χ0n) is 17.1. The van der Waals surface area contributed by atoms with E-state index in [1.807, 2.05) is 0 Å². The summed E-state index contributed by atoms with van der Waals surface area (Å²) < 4.78 is 33.2. The van der Waals surface area contributed by atoms with Crippen molar-refractivity contribution in [3.8, 4) is 11.5 Å². The number of aliphatic hydroxyl groups excluding tert-OH is 1. The Balaban J connectivity index is 1.96. The Bertz CT molecular complexity index is 1320. The number of hydrogen-bond acceptors (Lipinski definition) is 5. The fourth-order valence-electron chi connectivity index (χ4n) is 3.71. The second kappa shape index (κ2) is 8.67. The number of aliphatic hydroxyl groups is 1. The first-order valence-electron chi connectivity index (χ1n) is 9.61. The van der Waals surface area contributed by atoms with Crippen molar-refractivity contribution in [1.29, 1.82) is 0 Å². The van der Waals surface area contributed by atoms with Crippen LogP contribution in [0.2, 0.25) is 0 Å². The van der Waals surface area contributed by atoms with E-state index in [2.05, 4.69) is 15.9 Å². The molecule has 1 saturated heterocycles. The maximum absolute atomic E-state index is 14.0. The van der Waals surface area contributed by atoms with E-state index in [9.17, 15) is 28.6 Å². The first kappa shape index (κ1) is 22.5. The average molecular weight is 516 g/mol. The highest BCUT2D eigenvalue weighted by atomic mass is 79.9. The van der Waals surface area contributed by atoms with Crippen molar-refractivity contribution in [3.63, 3.8) is 0 Å². The molecule has 0 saturated carbocycles. The number of halogens is 3. The Morgan fingerprint density at radius 2 is 1.79 bits per heavy atom. The van der Waals surface area contributed by atoms with E-state index in [-0.39, 0.29) is 28.1 Å². The van der Waals surface area contributed by atoms with E-state index in [1.54, 1.807) is 12.1 Å². The van der Waals surface area contributed by atoms with E-state index in [4.69, 9.17) is 4.74 Å². The highest BCUT2D eigenvalue weighted by Crippen LogP contribution is 2.43. The van der Waals surface area contributed by atoms with Crippen molar-refractivity contribution >= 4 is 39.1 Å². The minimum absolute atomic E-state index is 0.0840. The lowest BCUT2D eigenvalue weighted by atomic mass is 9.95. The number of ether oxygens (including phenoxy) is 1. The number of rotatable bonds is 4. The third-order valence-corrected chi connectivity index (χ3v) is 5.86. The van der Waals surface area contributed by atoms with Gasteiger partial charge in [0.15, 0.2) is 11.6 Å². The van der Waals surface area contributed by atoms with Crippen LogP contribution in [0.4, 0.5) is 14.5 Å². The minimum Gasteiger partial charge on any atom is -0.508 e. The van der Waals surface area contributed by atoms with E-state index in [1.165, 1.54) is 37.4 Å². The van der Waals surface area contributed by atoms with Crippen LogP contribution in [0.25, 0.3) is 5.76 Å². The van der Waals surface area contributed by atoms with Crippen LogP contribution >= 0.6 is 15.9 Å². The number of anilines is 1. The van der Waals surface area contributed by atoms with E-state index in [0.717, 1.165) is 23.1 Å². The molecule has 9 heteroatoms. The van der Waals surface area contributed by atoms with Crippen molar-refractivity contribution in [2.45, 2.75) is 6.04 Å². The minimum atomic E-state index is -1.21. The molecule has 0 spiro atoms. The van der Waals surface area contributed by atoms with Crippen LogP contribution in [0.5, 0.6) is 11.5 Å². The summed E-state index contributed by atoms with van der Waals surface area (Å²) in [5.74, 6) is -4.51. The van der Waals surface area contributed by atoms with Gasteiger partial charge in [0.25, 0.3) is 11.7 Å². The molecule has 3 aromatic carbocycles. The van der Waals surface area contributed by atoms with Crippen LogP contribution in [0.15, 0.2) is 70.7 Å². The van der Waals surface area contributed by atoms with E-state index >= 15 is 0 Å². The number of carbonyl (C=O) groups excluding carboxylic acids is 2. The Hall–Kier alpha value is -3.72. The monoisotopic (exact) mass is 515 g/mol. The van der Waals surface area contributed by atoms with Crippen molar-refractivity contribution in [1.82, 2.24) is 0 Å². The molecule has 6 nitrogen and oxygen atoms in total. The molecule has 1 aliphatic heterocycles. The van der Waals surface area contributed by atoms with Crippen molar-refractivity contribution in [2.24, 2.45) is 0 Å². The van der Waals surface area contributed by atoms with Gasteiger partial charge >= 0.3 is 0 Å². The molecule has 0 bridgehead atoms. The molecular weight excluding hydrogens is 500 g/mol. The van der Waals surface area contributed by atoms with Crippen LogP contribution in [0.1, 0.15) is 17.2 Å². The maximum Gasteiger partial charge on any atom is 0.300 e. The summed E-state index contributed by atoms with van der Waals surface area (Å²) in [6, 6.07) is 11.9. The van der Waals surface area contributed by atoms with Crippen LogP contribution in [0, 0.1) is 11.6 Å². The van der Waals surface area contributed by atoms with Gasteiger partial charge in [0, 0.05) is 17.3 Å². The third-order valence-electron chi connectivity index (χ3n) is 5.24. The smallest absolute Gasteiger partial charge is 0.300 e. The van der Waals surface area contributed by atoms with Crippen LogP contribution in [-0.4, -0.2) is 29.0 Å². The number of amides is 1. The lowest BCUT2D eigenvalue weighted by molar-refractivity contribution is -0.132. The number of hydrogen-bond donors (Lipinski definition) is 2. The van der Waals surface area contributed by atoms with Crippen LogP contribution < -0.4 is 9.64 Å². The van der Waals surface area contributed by atoms with Gasteiger partial charge in [0.05, 0.1) is 23.2 Å². The van der Waals surface area contributed by atoms with Crippen LogP contribution in [0.3, 0.4) is 0 Å². The quantitative estimate of drug-likeness (QED) is 0.288. The zero-order valence-corrected chi connectivity index (χ0v) is 18.6. The molecule has 1 aliphatic rings. The van der Waals surface area contributed by atoms with Gasteiger partial charge in [-0.05, 0) is 64.0 Å². The highest BCUT2D eigenvalue weighted by molar-refractivity contribution is 9.10. The summed E-state index contributed by atoms with van der Waals surface area (Å²) in [6.45, 7) is 0.